The van der Waals surface area contributed by atoms with Crippen molar-refractivity contribution in [3.63, 3.8) is 0 Å². The summed E-state index contributed by atoms with van der Waals surface area (Å²) in [7, 11) is -4.66. The number of likely N-dealkylation sites (tertiary alicyclic amines) is 2. The number of β-amino-alcohol motifs (C(OH)–C–C–N with tert-alkyl or cyclic N) is 1. The van der Waals surface area contributed by atoms with Crippen LogP contribution < -0.4 is 30.3 Å². The Morgan fingerprint density at radius 3 is 2.36 bits per heavy atom. The number of nitrogens with zero attached hydrogens (tertiary/aromatic N) is 7. The highest BCUT2D eigenvalue weighted by Gasteiger charge is 2.45. The van der Waals surface area contributed by atoms with Crippen LogP contribution in [0.1, 0.15) is 120 Å². The molecular weight excluding hydrogens is 1290 g/mol. The number of thiazole rings is 1. The van der Waals surface area contributed by atoms with Crippen LogP contribution in [0.2, 0.25) is 5.02 Å². The number of aliphatic hydroxyl groups excluding tert-OH is 1. The van der Waals surface area contributed by atoms with Gasteiger partial charge in [-0.25, -0.2) is 23.1 Å². The van der Waals surface area contributed by atoms with Gasteiger partial charge in [-0.2, -0.15) is 0 Å². The summed E-state index contributed by atoms with van der Waals surface area (Å²) in [6, 6.07) is 26.4. The molecule has 25 heteroatoms. The van der Waals surface area contributed by atoms with Gasteiger partial charge in [0, 0.05) is 99.6 Å². The standard InChI is InChI=1S/C72H87ClN12O10S2/c1-46-65(96-45-78-46)50-12-10-47(11-13-50)41-77-69(89)62-37-55(86)44-84(62)70(90)66(71(2,3)4)79-64(87)9-7-8-28-81-29-24-48(25-30-81)40-75-60-21-19-57(38-61(60)85(91)92)97(93,94)80-68(88)58-20-18-54(36-63(58)95-56-35-51-23-27-74-67(51)76-42-56)83-33-31-82(32-34-83)43-52-22-26-72(5,6)39-59(52)49-14-16-53(73)17-15-49/h10-21,23,27,35-36,38,42,45,48,55,62,66,75,86H,7-9,22,24-26,28-34,37,39-41,43-44H2,1-6H3,(H,74,76)(H,77,89)(H,79,87)(H,80,88)/t55-,62+,66-/m1/s1. The maximum atomic E-state index is 14.2. The van der Waals surface area contributed by atoms with Crippen molar-refractivity contribution in [3.05, 3.63) is 158 Å². The predicted octanol–water partition coefficient (Wildman–Crippen LogP) is 11.4. The summed E-state index contributed by atoms with van der Waals surface area (Å²) < 4.78 is 36.6. The van der Waals surface area contributed by atoms with Gasteiger partial charge in [-0.05, 0) is 159 Å². The van der Waals surface area contributed by atoms with Crippen molar-refractivity contribution in [1.82, 2.24) is 45.0 Å². The third-order valence-corrected chi connectivity index (χ3v) is 21.7. The van der Waals surface area contributed by atoms with Crippen molar-refractivity contribution >= 4 is 90.3 Å². The van der Waals surface area contributed by atoms with Crippen molar-refractivity contribution in [2.45, 2.75) is 129 Å². The normalized spacial score (nSPS) is 18.4. The number of nitro benzene ring substituents is 1. The molecule has 22 nitrogen and oxygen atoms in total. The molecule has 3 saturated heterocycles. The fraction of sp³-hybridized carbons (Fsp3) is 0.444. The smallest absolute Gasteiger partial charge is 0.293 e. The van der Waals surface area contributed by atoms with Gasteiger partial charge in [0.1, 0.15) is 34.9 Å². The van der Waals surface area contributed by atoms with Gasteiger partial charge in [-0.3, -0.25) is 34.2 Å². The molecule has 11 rings (SSSR count). The number of aromatic amines is 1. The number of pyridine rings is 1. The third-order valence-electron chi connectivity index (χ3n) is 19.2. The van der Waals surface area contributed by atoms with Gasteiger partial charge in [0.25, 0.3) is 21.6 Å². The predicted molar refractivity (Wildman–Crippen MR) is 378 cm³/mol. The number of ether oxygens (including phenoxy) is 1. The second-order valence-electron chi connectivity index (χ2n) is 28.0. The van der Waals surface area contributed by atoms with Crippen molar-refractivity contribution in [3.8, 4) is 21.9 Å². The molecule has 3 atom stereocenters. The van der Waals surface area contributed by atoms with Crippen molar-refractivity contribution in [2.24, 2.45) is 16.7 Å². The van der Waals surface area contributed by atoms with E-state index in [0.717, 1.165) is 117 Å². The molecule has 514 valence electrons. The topological polar surface area (TPSA) is 278 Å². The number of anilines is 2. The summed E-state index contributed by atoms with van der Waals surface area (Å²) >= 11 is 7.85. The van der Waals surface area contributed by atoms with E-state index in [9.17, 15) is 42.8 Å². The van der Waals surface area contributed by atoms with Crippen LogP contribution in [0.3, 0.4) is 0 Å². The number of hydrogen-bond donors (Lipinski definition) is 6. The quantitative estimate of drug-likeness (QED) is 0.0186. The zero-order chi connectivity index (χ0) is 68.8. The number of amides is 4. The molecule has 0 spiro atoms. The largest absolute Gasteiger partial charge is 0.455 e. The summed E-state index contributed by atoms with van der Waals surface area (Å²) in [5.41, 5.74) is 9.27. The minimum atomic E-state index is -4.66. The fourth-order valence-corrected chi connectivity index (χ4v) is 15.4. The molecule has 0 saturated carbocycles. The zero-order valence-corrected chi connectivity index (χ0v) is 58.3. The molecule has 4 aromatic carbocycles. The molecule has 0 radical (unpaired) electrons. The van der Waals surface area contributed by atoms with Crippen LogP contribution in [0, 0.1) is 33.8 Å². The number of rotatable bonds is 24. The number of carbonyl (C=O) groups excluding carboxylic acids is 4. The molecule has 6 heterocycles. The first-order valence-corrected chi connectivity index (χ1v) is 36.1. The number of aromatic nitrogens is 3. The Labute approximate surface area is 575 Å². The first-order valence-electron chi connectivity index (χ1n) is 33.4. The lowest BCUT2D eigenvalue weighted by Gasteiger charge is -2.39. The Balaban J connectivity index is 0.648. The number of fused-ring (bicyclic) bond motifs is 1. The Hall–Kier alpha value is -8.26. The molecular formula is C72H87ClN12O10S2. The van der Waals surface area contributed by atoms with E-state index in [0.29, 0.717) is 42.5 Å². The number of benzene rings is 4. The van der Waals surface area contributed by atoms with Crippen LogP contribution in [0.5, 0.6) is 11.5 Å². The number of H-pyrrole nitrogens is 1. The van der Waals surface area contributed by atoms with Crippen LogP contribution in [-0.2, 0) is 31.0 Å². The minimum absolute atomic E-state index is 0.0208. The number of piperidine rings is 1. The molecule has 4 aliphatic rings. The number of sulfonamides is 1. The van der Waals surface area contributed by atoms with Crippen molar-refractivity contribution in [2.75, 3.05) is 75.7 Å². The van der Waals surface area contributed by atoms with E-state index in [1.54, 1.807) is 35.7 Å². The number of unbranched alkanes of at least 4 members (excludes halogenated alkanes) is 1. The number of allylic oxidation sites excluding steroid dienone is 1. The number of hydrogen-bond acceptors (Lipinski definition) is 17. The molecule has 4 amide bonds. The lowest BCUT2D eigenvalue weighted by atomic mass is 9.72. The summed E-state index contributed by atoms with van der Waals surface area (Å²) in [5, 5.41) is 33.8. The molecule has 7 aromatic rings. The summed E-state index contributed by atoms with van der Waals surface area (Å²) in [6.45, 7) is 18.9. The number of nitrogens with one attached hydrogen (secondary N) is 5. The highest BCUT2D eigenvalue weighted by molar-refractivity contribution is 7.90. The molecule has 0 bridgehead atoms. The van der Waals surface area contributed by atoms with E-state index in [2.05, 4.69) is 76.3 Å². The van der Waals surface area contributed by atoms with Crippen molar-refractivity contribution < 1.29 is 42.4 Å². The van der Waals surface area contributed by atoms with Gasteiger partial charge in [0.05, 0.1) is 43.8 Å². The maximum Gasteiger partial charge on any atom is 0.293 e. The number of aliphatic hydroxyl groups is 1. The van der Waals surface area contributed by atoms with Gasteiger partial charge in [-0.15, -0.1) is 11.3 Å². The lowest BCUT2D eigenvalue weighted by Crippen LogP contribution is -2.57. The zero-order valence-electron chi connectivity index (χ0n) is 55.9. The fourth-order valence-electron chi connectivity index (χ4n) is 13.5. The van der Waals surface area contributed by atoms with Crippen molar-refractivity contribution in [1.29, 1.82) is 0 Å². The average molecular weight is 1380 g/mol. The van der Waals surface area contributed by atoms with Crippen LogP contribution in [0.25, 0.3) is 27.0 Å². The number of piperazine rings is 1. The lowest BCUT2D eigenvalue weighted by molar-refractivity contribution is -0.384. The second-order valence-corrected chi connectivity index (χ2v) is 31.0. The highest BCUT2D eigenvalue weighted by atomic mass is 35.5. The highest BCUT2D eigenvalue weighted by Crippen LogP contribution is 2.44. The number of halogens is 1. The van der Waals surface area contributed by atoms with E-state index in [1.807, 2.05) is 75.7 Å². The third kappa shape index (κ3) is 17.5. The molecule has 1 aliphatic carbocycles. The van der Waals surface area contributed by atoms with Crippen LogP contribution in [0.15, 0.2) is 125 Å². The average Bonchev–Trinajstić information content (AvgIpc) is 1.53. The molecule has 3 aromatic heterocycles. The monoisotopic (exact) mass is 1380 g/mol. The first-order chi connectivity index (χ1) is 46.3. The van der Waals surface area contributed by atoms with Crippen LogP contribution in [0.4, 0.5) is 17.1 Å². The Morgan fingerprint density at radius 1 is 0.907 bits per heavy atom. The van der Waals surface area contributed by atoms with Gasteiger partial charge in [0.15, 0.2) is 0 Å². The summed E-state index contributed by atoms with van der Waals surface area (Å²) in [6.07, 6.45) is 8.69. The van der Waals surface area contributed by atoms with Gasteiger partial charge in [0.2, 0.25) is 17.7 Å². The minimum Gasteiger partial charge on any atom is -0.455 e. The van der Waals surface area contributed by atoms with Gasteiger partial charge in [-0.1, -0.05) is 88.2 Å². The number of aryl methyl sites for hydroxylation is 1. The van der Waals surface area contributed by atoms with E-state index >= 15 is 0 Å². The molecule has 97 heavy (non-hydrogen) atoms. The van der Waals surface area contributed by atoms with E-state index in [-0.39, 0.29) is 66.1 Å². The first kappa shape index (κ1) is 70.1. The molecule has 3 fully saturated rings. The summed E-state index contributed by atoms with van der Waals surface area (Å²) in [5.74, 6) is -1.47. The van der Waals surface area contributed by atoms with Gasteiger partial charge >= 0.3 is 0 Å². The SMILES string of the molecule is Cc1ncsc1-c1ccc(CNC(=O)[C@@H]2C[C@@H](O)CN2C(=O)[C@@H](NC(=O)CCCCN2CCC(CNc3ccc(S(=O)(=O)NC(=O)c4ccc(N5CCN(CC6=C(c7ccc(Cl)cc7)CC(C)(C)CC6)CC5)cc4Oc4cnc5[nH]ccc5c4)cc3[N+](=O)[O-])CC2)C(C)(C)C)cc1. The number of carbonyl (C=O) groups is 4. The molecule has 3 aliphatic heterocycles. The van der Waals surface area contributed by atoms with Gasteiger partial charge < -0.3 is 45.5 Å². The Kier molecular flexibility index (Phi) is 21.8. The number of nitro groups is 1. The second kappa shape index (κ2) is 30.2. The van der Waals surface area contributed by atoms with Crippen LogP contribution >= 0.6 is 22.9 Å². The van der Waals surface area contributed by atoms with E-state index < -0.39 is 60.9 Å². The van der Waals surface area contributed by atoms with Crippen LogP contribution in [-0.4, -0.2) is 155 Å². The molecule has 6 N–H and O–H groups in total. The Morgan fingerprint density at radius 2 is 1.65 bits per heavy atom. The Bertz CT molecular complexity index is 4160. The summed E-state index contributed by atoms with van der Waals surface area (Å²) in [4.78, 5) is 88.3. The van der Waals surface area contributed by atoms with E-state index in [1.165, 1.54) is 46.0 Å². The maximum absolute atomic E-state index is 14.2. The van der Waals surface area contributed by atoms with E-state index in [4.69, 9.17) is 16.3 Å². The molecule has 0 unspecified atom stereocenters.